The Morgan fingerprint density at radius 3 is 2.67 bits per heavy atom. The van der Waals surface area contributed by atoms with Crippen molar-refractivity contribution in [2.75, 3.05) is 13.2 Å². The van der Waals surface area contributed by atoms with Crippen LogP contribution in [-0.4, -0.2) is 32.5 Å². The second-order valence-electron chi connectivity index (χ2n) is 8.34. The zero-order valence-corrected chi connectivity index (χ0v) is 19.1. The van der Waals surface area contributed by atoms with Crippen LogP contribution in [0.15, 0.2) is 67.1 Å². The summed E-state index contributed by atoms with van der Waals surface area (Å²) in [7, 11) is 1.96. The Hall–Kier alpha value is -3.58. The van der Waals surface area contributed by atoms with E-state index >= 15 is 0 Å². The molecule has 0 unspecified atom stereocenters. The molecule has 1 N–H and O–H groups in total. The number of aryl methyl sites for hydroxylation is 3. The molecular formula is C26H29N5O2. The van der Waals surface area contributed by atoms with Crippen molar-refractivity contribution in [3.05, 3.63) is 84.1 Å². The van der Waals surface area contributed by atoms with Gasteiger partial charge in [0.25, 0.3) is 0 Å². The molecule has 0 saturated carbocycles. The van der Waals surface area contributed by atoms with Gasteiger partial charge in [0, 0.05) is 55.9 Å². The van der Waals surface area contributed by atoms with Crippen LogP contribution in [0.2, 0.25) is 0 Å². The van der Waals surface area contributed by atoms with E-state index in [-0.39, 0.29) is 6.04 Å². The topological polar surface area (TPSA) is 66.1 Å². The summed E-state index contributed by atoms with van der Waals surface area (Å²) >= 11 is 0. The van der Waals surface area contributed by atoms with Gasteiger partial charge in [-0.2, -0.15) is 5.10 Å². The number of fused-ring (bicyclic) bond motifs is 1. The SMILES string of the molecule is Cc1nccn1CC[C@H](NCc1cn(C)nc1-c1ccc2c(c1)OCCO2)c1ccccc1. The largest absolute Gasteiger partial charge is 0.486 e. The van der Waals surface area contributed by atoms with E-state index in [2.05, 4.69) is 57.5 Å². The molecule has 0 spiro atoms. The fraction of sp³-hybridized carbons (Fsp3) is 0.308. The number of nitrogens with one attached hydrogen (secondary N) is 1. The van der Waals surface area contributed by atoms with Crippen molar-refractivity contribution in [1.82, 2.24) is 24.6 Å². The lowest BCUT2D eigenvalue weighted by molar-refractivity contribution is 0.171. The van der Waals surface area contributed by atoms with Crippen molar-refractivity contribution in [3.8, 4) is 22.8 Å². The second-order valence-corrected chi connectivity index (χ2v) is 8.34. The molecule has 2 aromatic heterocycles. The minimum Gasteiger partial charge on any atom is -0.486 e. The van der Waals surface area contributed by atoms with Crippen LogP contribution >= 0.6 is 0 Å². The number of imidazole rings is 1. The Morgan fingerprint density at radius 1 is 1.06 bits per heavy atom. The van der Waals surface area contributed by atoms with Crippen LogP contribution in [0.4, 0.5) is 0 Å². The van der Waals surface area contributed by atoms with E-state index in [0.29, 0.717) is 19.8 Å². The molecule has 0 fully saturated rings. The van der Waals surface area contributed by atoms with Crippen LogP contribution < -0.4 is 14.8 Å². The fourth-order valence-electron chi connectivity index (χ4n) is 4.31. The maximum atomic E-state index is 5.78. The third kappa shape index (κ3) is 4.78. The summed E-state index contributed by atoms with van der Waals surface area (Å²) in [4.78, 5) is 4.35. The van der Waals surface area contributed by atoms with E-state index < -0.39 is 0 Å². The summed E-state index contributed by atoms with van der Waals surface area (Å²) in [6.45, 7) is 4.81. The first-order valence-corrected chi connectivity index (χ1v) is 11.4. The minimum absolute atomic E-state index is 0.210. The molecule has 0 amide bonds. The predicted molar refractivity (Wildman–Crippen MR) is 127 cm³/mol. The Balaban J connectivity index is 1.36. The van der Waals surface area contributed by atoms with Gasteiger partial charge >= 0.3 is 0 Å². The van der Waals surface area contributed by atoms with Crippen molar-refractivity contribution in [1.29, 1.82) is 0 Å². The highest BCUT2D eigenvalue weighted by Gasteiger charge is 2.18. The molecule has 0 bridgehead atoms. The van der Waals surface area contributed by atoms with Crippen molar-refractivity contribution in [3.63, 3.8) is 0 Å². The van der Waals surface area contributed by atoms with Crippen molar-refractivity contribution < 1.29 is 9.47 Å². The molecule has 7 nitrogen and oxygen atoms in total. The molecule has 3 heterocycles. The van der Waals surface area contributed by atoms with Crippen molar-refractivity contribution in [2.24, 2.45) is 7.05 Å². The number of nitrogens with zero attached hydrogens (tertiary/aromatic N) is 4. The highest BCUT2D eigenvalue weighted by Crippen LogP contribution is 2.35. The molecule has 2 aromatic carbocycles. The Kier molecular flexibility index (Phi) is 6.13. The molecule has 4 aromatic rings. The summed E-state index contributed by atoms with van der Waals surface area (Å²) in [6.07, 6.45) is 6.94. The molecule has 1 aliphatic rings. The normalized spacial score (nSPS) is 13.8. The van der Waals surface area contributed by atoms with Gasteiger partial charge in [0.1, 0.15) is 19.0 Å². The van der Waals surface area contributed by atoms with Crippen LogP contribution in [0.3, 0.4) is 0 Å². The number of hydrogen-bond acceptors (Lipinski definition) is 5. The van der Waals surface area contributed by atoms with E-state index in [1.54, 1.807) is 0 Å². The zero-order valence-electron chi connectivity index (χ0n) is 19.1. The predicted octanol–water partition coefficient (Wildman–Crippen LogP) is 4.28. The van der Waals surface area contributed by atoms with Crippen molar-refractivity contribution >= 4 is 0 Å². The summed E-state index contributed by atoms with van der Waals surface area (Å²) in [5.74, 6) is 2.61. The van der Waals surface area contributed by atoms with Gasteiger partial charge in [0.15, 0.2) is 11.5 Å². The van der Waals surface area contributed by atoms with Gasteiger partial charge in [-0.1, -0.05) is 30.3 Å². The van der Waals surface area contributed by atoms with Crippen molar-refractivity contribution in [2.45, 2.75) is 32.5 Å². The zero-order chi connectivity index (χ0) is 22.6. The lowest BCUT2D eigenvalue weighted by Gasteiger charge is -2.20. The van der Waals surface area contributed by atoms with Gasteiger partial charge in [0.05, 0.1) is 5.69 Å². The summed E-state index contributed by atoms with van der Waals surface area (Å²) in [5, 5.41) is 8.52. The average Bonchev–Trinajstić information content (AvgIpc) is 3.44. The first-order valence-electron chi connectivity index (χ1n) is 11.4. The molecule has 7 heteroatoms. The fourth-order valence-corrected chi connectivity index (χ4v) is 4.31. The highest BCUT2D eigenvalue weighted by molar-refractivity contribution is 5.66. The van der Waals surface area contributed by atoms with E-state index in [1.165, 1.54) is 5.56 Å². The Bertz CT molecular complexity index is 1210. The molecule has 1 atom stereocenters. The molecular weight excluding hydrogens is 414 g/mol. The van der Waals surface area contributed by atoms with Gasteiger partial charge < -0.3 is 19.4 Å². The monoisotopic (exact) mass is 443 g/mol. The van der Waals surface area contributed by atoms with Gasteiger partial charge in [-0.3, -0.25) is 4.68 Å². The van der Waals surface area contributed by atoms with Gasteiger partial charge in [-0.05, 0) is 37.1 Å². The lowest BCUT2D eigenvalue weighted by atomic mass is 10.0. The smallest absolute Gasteiger partial charge is 0.162 e. The summed E-state index contributed by atoms with van der Waals surface area (Å²) in [6, 6.07) is 16.9. The van der Waals surface area contributed by atoms with Crippen LogP contribution in [0, 0.1) is 6.92 Å². The molecule has 33 heavy (non-hydrogen) atoms. The number of benzene rings is 2. The van der Waals surface area contributed by atoms with E-state index in [9.17, 15) is 0 Å². The molecule has 0 radical (unpaired) electrons. The quantitative estimate of drug-likeness (QED) is 0.440. The Labute approximate surface area is 194 Å². The van der Waals surface area contributed by atoms with E-state index in [4.69, 9.17) is 14.6 Å². The third-order valence-electron chi connectivity index (χ3n) is 6.04. The maximum Gasteiger partial charge on any atom is 0.162 e. The van der Waals surface area contributed by atoms with Gasteiger partial charge in [-0.15, -0.1) is 0 Å². The second kappa shape index (κ2) is 9.50. The number of aromatic nitrogens is 4. The van der Waals surface area contributed by atoms with Crippen LogP contribution in [0.1, 0.15) is 29.4 Å². The van der Waals surface area contributed by atoms with Gasteiger partial charge in [-0.25, -0.2) is 4.98 Å². The molecule has 5 rings (SSSR count). The summed E-state index contributed by atoms with van der Waals surface area (Å²) in [5.41, 5.74) is 4.41. The molecule has 0 aliphatic carbocycles. The third-order valence-corrected chi connectivity index (χ3v) is 6.04. The number of rotatable bonds is 8. The lowest BCUT2D eigenvalue weighted by Crippen LogP contribution is -2.22. The number of ether oxygens (including phenoxy) is 2. The average molecular weight is 444 g/mol. The maximum absolute atomic E-state index is 5.78. The van der Waals surface area contributed by atoms with E-state index in [0.717, 1.165) is 47.1 Å². The highest BCUT2D eigenvalue weighted by atomic mass is 16.6. The minimum atomic E-state index is 0.210. The van der Waals surface area contributed by atoms with Gasteiger partial charge in [0.2, 0.25) is 0 Å². The van der Waals surface area contributed by atoms with E-state index in [1.807, 2.05) is 43.2 Å². The van der Waals surface area contributed by atoms with Crippen LogP contribution in [0.5, 0.6) is 11.5 Å². The molecule has 1 aliphatic heterocycles. The molecule has 0 saturated heterocycles. The molecule has 170 valence electrons. The standard InChI is InChI=1S/C26H29N5O2/c1-19-27-11-13-31(19)12-10-23(20-6-4-3-5-7-20)28-17-22-18-30(2)29-26(22)21-8-9-24-25(16-21)33-15-14-32-24/h3-9,11,13,16,18,23,28H,10,12,14-15,17H2,1-2H3/t23-/m0/s1. The van der Waals surface area contributed by atoms with Crippen LogP contribution in [-0.2, 0) is 20.1 Å². The Morgan fingerprint density at radius 2 is 1.88 bits per heavy atom. The first kappa shape index (κ1) is 21.3. The summed E-state index contributed by atoms with van der Waals surface area (Å²) < 4.78 is 15.5. The number of hydrogen-bond donors (Lipinski definition) is 1. The van der Waals surface area contributed by atoms with Crippen LogP contribution in [0.25, 0.3) is 11.3 Å². The first-order chi connectivity index (χ1) is 16.2.